The number of likely N-dealkylation sites (tertiary alicyclic amines) is 1. The first-order chi connectivity index (χ1) is 18.8. The lowest BCUT2D eigenvalue weighted by atomic mass is 9.93. The molecule has 2 saturated carbocycles. The molecule has 0 bridgehead atoms. The van der Waals surface area contributed by atoms with Gasteiger partial charge in [-0.05, 0) is 62.3 Å². The zero-order chi connectivity index (χ0) is 28.4. The first kappa shape index (κ1) is 21.4. The van der Waals surface area contributed by atoms with Crippen LogP contribution in [0, 0.1) is 6.92 Å². The Bertz CT molecular complexity index is 1290. The number of nitrogens with one attached hydrogen (secondary N) is 1. The van der Waals surface area contributed by atoms with Gasteiger partial charge in [0, 0.05) is 43.7 Å². The molecule has 3 heterocycles. The van der Waals surface area contributed by atoms with Crippen molar-refractivity contribution in [3.63, 3.8) is 0 Å². The first-order valence-electron chi connectivity index (χ1n) is 14.6. The number of nitrogens with zero attached hydrogens (tertiary/aromatic N) is 4. The maximum atomic E-state index is 13.9. The maximum Gasteiger partial charge on any atom is 0.433 e. The molecule has 2 atom stereocenters. The van der Waals surface area contributed by atoms with Crippen LogP contribution in [-0.4, -0.2) is 70.3 Å². The molecule has 37 heavy (non-hydrogen) atoms. The molecular formula is C27H34F3N5O2. The van der Waals surface area contributed by atoms with Gasteiger partial charge in [0.2, 0.25) is 5.91 Å². The highest BCUT2D eigenvalue weighted by Gasteiger charge is 2.50. The summed E-state index contributed by atoms with van der Waals surface area (Å²) in [5.41, 5.74) is 0.929. The van der Waals surface area contributed by atoms with Crippen LogP contribution in [0.25, 0.3) is 0 Å². The van der Waals surface area contributed by atoms with Crippen LogP contribution in [-0.2, 0) is 17.5 Å². The van der Waals surface area contributed by atoms with Crippen LogP contribution < -0.4 is 10.1 Å². The molecule has 200 valence electrons. The lowest BCUT2D eigenvalue weighted by molar-refractivity contribution is -0.146. The minimum atomic E-state index is -4.62. The molecule has 1 aromatic heterocycles. The van der Waals surface area contributed by atoms with Crippen LogP contribution >= 0.6 is 0 Å². The molecule has 1 amide bonds. The Morgan fingerprint density at radius 3 is 2.78 bits per heavy atom. The van der Waals surface area contributed by atoms with E-state index < -0.39 is 37.4 Å². The SMILES string of the molecule is [2H]C([2H])([2H])Oc1cccc([C@H]2[C@@H](N3CCNC4(CC4)C3)CCN2C(=O)Cn2nc(C3CC3)cc2C(F)(F)F)c1C. The van der Waals surface area contributed by atoms with Crippen LogP contribution in [0.1, 0.15) is 70.7 Å². The molecule has 1 aromatic carbocycles. The fraction of sp³-hybridized carbons (Fsp3) is 0.630. The molecule has 1 spiro atoms. The summed E-state index contributed by atoms with van der Waals surface area (Å²) in [7, 11) is -2.64. The van der Waals surface area contributed by atoms with Crippen molar-refractivity contribution in [1.82, 2.24) is 24.9 Å². The number of amides is 1. The number of carbonyl (C=O) groups is 1. The summed E-state index contributed by atoms with van der Waals surface area (Å²) in [6.07, 6.45) is -0.170. The number of ether oxygens (including phenoxy) is 1. The Morgan fingerprint density at radius 1 is 1.27 bits per heavy atom. The molecule has 7 nitrogen and oxygen atoms in total. The highest BCUT2D eigenvalue weighted by molar-refractivity contribution is 5.77. The fourth-order valence-corrected chi connectivity index (χ4v) is 6.22. The van der Waals surface area contributed by atoms with Gasteiger partial charge in [0.15, 0.2) is 0 Å². The van der Waals surface area contributed by atoms with E-state index in [0.29, 0.717) is 24.2 Å². The number of methoxy groups -OCH3 is 1. The van der Waals surface area contributed by atoms with E-state index in [2.05, 4.69) is 15.3 Å². The number of hydrogen-bond acceptors (Lipinski definition) is 5. The average Bonchev–Trinajstić information content (AvgIpc) is 3.76. The van der Waals surface area contributed by atoms with E-state index >= 15 is 0 Å². The van der Waals surface area contributed by atoms with Crippen LogP contribution in [0.4, 0.5) is 13.2 Å². The minimum Gasteiger partial charge on any atom is -0.496 e. The first-order valence-corrected chi connectivity index (χ1v) is 13.1. The van der Waals surface area contributed by atoms with Crippen molar-refractivity contribution >= 4 is 5.91 Å². The molecular weight excluding hydrogens is 483 g/mol. The van der Waals surface area contributed by atoms with Crippen molar-refractivity contribution in [2.75, 3.05) is 33.2 Å². The zero-order valence-corrected chi connectivity index (χ0v) is 20.9. The number of alkyl halides is 3. The van der Waals surface area contributed by atoms with Gasteiger partial charge in [-0.15, -0.1) is 0 Å². The molecule has 0 unspecified atom stereocenters. The second-order valence-corrected chi connectivity index (χ2v) is 11.0. The molecule has 4 fully saturated rings. The lowest BCUT2D eigenvalue weighted by Gasteiger charge is -2.41. The molecule has 2 aromatic rings. The summed E-state index contributed by atoms with van der Waals surface area (Å²) in [4.78, 5) is 17.9. The van der Waals surface area contributed by atoms with Gasteiger partial charge in [-0.25, -0.2) is 0 Å². The Hall–Kier alpha value is -2.59. The summed E-state index contributed by atoms with van der Waals surface area (Å²) in [6, 6.07) is 5.70. The van der Waals surface area contributed by atoms with Crippen LogP contribution in [0.2, 0.25) is 0 Å². The van der Waals surface area contributed by atoms with Gasteiger partial charge < -0.3 is 15.0 Å². The molecule has 4 aliphatic rings. The third-order valence-electron chi connectivity index (χ3n) is 8.54. The third-order valence-corrected chi connectivity index (χ3v) is 8.54. The number of piperazine rings is 1. The van der Waals surface area contributed by atoms with Crippen molar-refractivity contribution in [3.8, 4) is 5.75 Å². The van der Waals surface area contributed by atoms with E-state index in [1.807, 2.05) is 6.07 Å². The fourth-order valence-electron chi connectivity index (χ4n) is 6.22. The van der Waals surface area contributed by atoms with Crippen molar-refractivity contribution in [1.29, 1.82) is 0 Å². The summed E-state index contributed by atoms with van der Waals surface area (Å²) in [6.45, 7) is 4.09. The molecule has 2 aliphatic heterocycles. The van der Waals surface area contributed by atoms with Gasteiger partial charge in [-0.1, -0.05) is 12.1 Å². The average molecular weight is 521 g/mol. The summed E-state index contributed by atoms with van der Waals surface area (Å²) in [5.74, 6) is -0.219. The smallest absolute Gasteiger partial charge is 0.433 e. The topological polar surface area (TPSA) is 62.6 Å². The summed E-state index contributed by atoms with van der Waals surface area (Å²) in [5, 5.41) is 7.81. The van der Waals surface area contributed by atoms with E-state index in [0.717, 1.165) is 61.6 Å². The molecule has 2 aliphatic carbocycles. The number of benzene rings is 1. The standard InChI is InChI=1S/C27H34F3N5O2/c1-17-19(4-3-5-22(17)37-2)25-21(33-13-11-31-26(16-33)9-10-26)8-12-34(25)24(36)15-35-23(27(28,29)30)14-20(32-35)18-6-7-18/h3-5,14,18,21,25,31H,6-13,15-16H2,1-2H3/t21-,25-/m0/s1/i2D3. The third kappa shape index (κ3) is 4.63. The highest BCUT2D eigenvalue weighted by Crippen LogP contribution is 2.44. The van der Waals surface area contributed by atoms with Gasteiger partial charge in [0.1, 0.15) is 18.0 Å². The van der Waals surface area contributed by atoms with E-state index in [-0.39, 0.29) is 23.2 Å². The van der Waals surface area contributed by atoms with E-state index in [1.54, 1.807) is 24.0 Å². The molecule has 0 radical (unpaired) electrons. The highest BCUT2D eigenvalue weighted by atomic mass is 19.4. The second-order valence-electron chi connectivity index (χ2n) is 11.0. The number of carbonyl (C=O) groups excluding carboxylic acids is 1. The summed E-state index contributed by atoms with van der Waals surface area (Å²) >= 11 is 0. The normalized spacial score (nSPS) is 27.1. The van der Waals surface area contributed by atoms with Crippen molar-refractivity contribution in [3.05, 3.63) is 46.8 Å². The number of rotatable bonds is 6. The van der Waals surface area contributed by atoms with Crippen LogP contribution in [0.5, 0.6) is 5.75 Å². The molecule has 1 N–H and O–H groups in total. The Labute approximate surface area is 219 Å². The number of hydrogen-bond donors (Lipinski definition) is 1. The van der Waals surface area contributed by atoms with Crippen LogP contribution in [0.15, 0.2) is 24.3 Å². The Morgan fingerprint density at radius 2 is 2.08 bits per heavy atom. The molecule has 10 heteroatoms. The Kier molecular flexibility index (Phi) is 5.20. The van der Waals surface area contributed by atoms with Gasteiger partial charge in [0.05, 0.1) is 22.9 Å². The van der Waals surface area contributed by atoms with Gasteiger partial charge in [0.25, 0.3) is 0 Å². The predicted octanol–water partition coefficient (Wildman–Crippen LogP) is 3.88. The van der Waals surface area contributed by atoms with Gasteiger partial charge >= 0.3 is 6.18 Å². The van der Waals surface area contributed by atoms with E-state index in [4.69, 9.17) is 8.85 Å². The van der Waals surface area contributed by atoms with Crippen LogP contribution in [0.3, 0.4) is 0 Å². The van der Waals surface area contributed by atoms with E-state index in [1.165, 1.54) is 0 Å². The Balaban J connectivity index is 1.33. The van der Waals surface area contributed by atoms with Crippen molar-refractivity contribution in [2.24, 2.45) is 0 Å². The minimum absolute atomic E-state index is 0.0208. The molecule has 6 rings (SSSR count). The lowest BCUT2D eigenvalue weighted by Crippen LogP contribution is -2.56. The predicted molar refractivity (Wildman–Crippen MR) is 131 cm³/mol. The van der Waals surface area contributed by atoms with E-state index in [9.17, 15) is 18.0 Å². The van der Waals surface area contributed by atoms with Gasteiger partial charge in [-0.2, -0.15) is 18.3 Å². The summed E-state index contributed by atoms with van der Waals surface area (Å²) < 4.78 is 70.4. The quantitative estimate of drug-likeness (QED) is 0.627. The zero-order valence-electron chi connectivity index (χ0n) is 23.9. The largest absolute Gasteiger partial charge is 0.496 e. The monoisotopic (exact) mass is 520 g/mol. The molecule has 2 saturated heterocycles. The van der Waals surface area contributed by atoms with Crippen molar-refractivity contribution < 1.29 is 26.8 Å². The number of halogens is 3. The number of aromatic nitrogens is 2. The van der Waals surface area contributed by atoms with Gasteiger partial charge in [-0.3, -0.25) is 14.4 Å². The maximum absolute atomic E-state index is 13.9. The second kappa shape index (κ2) is 9.01. The van der Waals surface area contributed by atoms with Crippen molar-refractivity contribution in [2.45, 2.75) is 75.3 Å².